The predicted octanol–water partition coefficient (Wildman–Crippen LogP) is 2.94. The van der Waals surface area contributed by atoms with Gasteiger partial charge in [-0.15, -0.1) is 0 Å². The summed E-state index contributed by atoms with van der Waals surface area (Å²) in [5.74, 6) is 0. The van der Waals surface area contributed by atoms with Crippen molar-refractivity contribution in [3.63, 3.8) is 0 Å². The average Bonchev–Trinajstić information content (AvgIpc) is 2.44. The molecule has 3 atom stereocenters. The van der Waals surface area contributed by atoms with Gasteiger partial charge in [0.2, 0.25) is 0 Å². The molecule has 0 amide bonds. The predicted molar refractivity (Wildman–Crippen MR) is 83.5 cm³/mol. The normalized spacial score (nSPS) is 27.4. The lowest BCUT2D eigenvalue weighted by Crippen LogP contribution is -2.37. The number of aliphatic hydroxyl groups is 1. The number of alkyl halides is 1. The molecule has 0 saturated carbocycles. The van der Waals surface area contributed by atoms with Crippen LogP contribution in [0.3, 0.4) is 0 Å². The van der Waals surface area contributed by atoms with Gasteiger partial charge in [-0.05, 0) is 18.4 Å². The third-order valence-electron chi connectivity index (χ3n) is 3.32. The standard InChI is InChI=1S/C15H21IO3/c16-10-15-9-13(17)8-14(19-15)6-7-18-11-12-4-2-1-3-5-12/h1-5,13-15,17H,6-11H2/t13-,14+,15+/m1/s1. The van der Waals surface area contributed by atoms with E-state index in [1.54, 1.807) is 0 Å². The van der Waals surface area contributed by atoms with Crippen LogP contribution in [0.2, 0.25) is 0 Å². The minimum absolute atomic E-state index is 0.138. The molecule has 19 heavy (non-hydrogen) atoms. The summed E-state index contributed by atoms with van der Waals surface area (Å²) in [7, 11) is 0. The summed E-state index contributed by atoms with van der Waals surface area (Å²) in [6.45, 7) is 1.33. The maximum absolute atomic E-state index is 9.79. The number of hydrogen-bond acceptors (Lipinski definition) is 3. The molecule has 0 spiro atoms. The van der Waals surface area contributed by atoms with Crippen LogP contribution >= 0.6 is 22.6 Å². The molecule has 1 aromatic rings. The highest BCUT2D eigenvalue weighted by atomic mass is 127. The van der Waals surface area contributed by atoms with Crippen molar-refractivity contribution in [2.45, 2.75) is 44.2 Å². The summed E-state index contributed by atoms with van der Waals surface area (Å²) in [5.41, 5.74) is 1.19. The fourth-order valence-electron chi connectivity index (χ4n) is 2.35. The van der Waals surface area contributed by atoms with Crippen LogP contribution in [-0.2, 0) is 16.1 Å². The first-order valence-electron chi connectivity index (χ1n) is 6.79. The Labute approximate surface area is 128 Å². The van der Waals surface area contributed by atoms with Crippen LogP contribution in [0.1, 0.15) is 24.8 Å². The Kier molecular flexibility index (Phi) is 6.56. The minimum Gasteiger partial charge on any atom is -0.393 e. The number of halogens is 1. The van der Waals surface area contributed by atoms with Crippen molar-refractivity contribution in [2.24, 2.45) is 0 Å². The van der Waals surface area contributed by atoms with Gasteiger partial charge in [-0.2, -0.15) is 0 Å². The highest BCUT2D eigenvalue weighted by Crippen LogP contribution is 2.23. The highest BCUT2D eigenvalue weighted by molar-refractivity contribution is 14.1. The molecule has 0 aromatic heterocycles. The van der Waals surface area contributed by atoms with E-state index in [4.69, 9.17) is 9.47 Å². The van der Waals surface area contributed by atoms with Crippen LogP contribution in [-0.4, -0.2) is 34.5 Å². The molecule has 106 valence electrons. The van der Waals surface area contributed by atoms with E-state index in [0.717, 1.165) is 23.7 Å². The molecule has 2 rings (SSSR count). The van der Waals surface area contributed by atoms with Crippen LogP contribution in [0.5, 0.6) is 0 Å². The first-order chi connectivity index (χ1) is 9.28. The summed E-state index contributed by atoms with van der Waals surface area (Å²) in [4.78, 5) is 0. The number of aliphatic hydroxyl groups excluding tert-OH is 1. The molecule has 1 aliphatic heterocycles. The first kappa shape index (κ1) is 15.2. The van der Waals surface area contributed by atoms with Gasteiger partial charge in [0.1, 0.15) is 0 Å². The third-order valence-corrected chi connectivity index (χ3v) is 4.31. The first-order valence-corrected chi connectivity index (χ1v) is 8.31. The van der Waals surface area contributed by atoms with Crippen molar-refractivity contribution in [1.82, 2.24) is 0 Å². The van der Waals surface area contributed by atoms with Crippen molar-refractivity contribution >= 4 is 22.6 Å². The second-order valence-corrected chi connectivity index (χ2v) is 5.87. The van der Waals surface area contributed by atoms with E-state index >= 15 is 0 Å². The lowest BCUT2D eigenvalue weighted by Gasteiger charge is -2.32. The van der Waals surface area contributed by atoms with Crippen LogP contribution < -0.4 is 0 Å². The van der Waals surface area contributed by atoms with Gasteiger partial charge in [-0.3, -0.25) is 0 Å². The van der Waals surface area contributed by atoms with E-state index in [0.29, 0.717) is 13.2 Å². The molecule has 1 saturated heterocycles. The molecule has 3 nitrogen and oxygen atoms in total. The summed E-state index contributed by atoms with van der Waals surface area (Å²) >= 11 is 2.31. The molecule has 0 unspecified atom stereocenters. The fourth-order valence-corrected chi connectivity index (χ4v) is 2.92. The zero-order chi connectivity index (χ0) is 13.5. The second-order valence-electron chi connectivity index (χ2n) is 4.99. The molecule has 1 fully saturated rings. The van der Waals surface area contributed by atoms with Crippen molar-refractivity contribution in [3.05, 3.63) is 35.9 Å². The van der Waals surface area contributed by atoms with Gasteiger partial charge in [-0.1, -0.05) is 52.9 Å². The van der Waals surface area contributed by atoms with E-state index < -0.39 is 0 Å². The van der Waals surface area contributed by atoms with Gasteiger partial charge in [0.25, 0.3) is 0 Å². The van der Waals surface area contributed by atoms with Crippen molar-refractivity contribution in [1.29, 1.82) is 0 Å². The molecule has 0 bridgehead atoms. The lowest BCUT2D eigenvalue weighted by atomic mass is 10.0. The fraction of sp³-hybridized carbons (Fsp3) is 0.600. The van der Waals surface area contributed by atoms with Gasteiger partial charge in [0, 0.05) is 17.5 Å². The summed E-state index contributed by atoms with van der Waals surface area (Å²) in [6, 6.07) is 10.2. The molecule has 1 aromatic carbocycles. The number of benzene rings is 1. The monoisotopic (exact) mass is 376 g/mol. The molecular weight excluding hydrogens is 355 g/mol. The van der Waals surface area contributed by atoms with Crippen LogP contribution in [0, 0.1) is 0 Å². The minimum atomic E-state index is -0.215. The number of rotatable bonds is 6. The van der Waals surface area contributed by atoms with Crippen LogP contribution in [0.4, 0.5) is 0 Å². The van der Waals surface area contributed by atoms with E-state index in [-0.39, 0.29) is 18.3 Å². The Morgan fingerprint density at radius 1 is 1.21 bits per heavy atom. The van der Waals surface area contributed by atoms with E-state index in [1.165, 1.54) is 5.56 Å². The SMILES string of the molecule is O[C@H]1C[C@@H](CI)O[C@@H](CCOCc2ccccc2)C1. The summed E-state index contributed by atoms with van der Waals surface area (Å²) < 4.78 is 12.5. The van der Waals surface area contributed by atoms with Crippen molar-refractivity contribution in [3.8, 4) is 0 Å². The maximum Gasteiger partial charge on any atom is 0.0716 e. The number of ether oxygens (including phenoxy) is 2. The summed E-state index contributed by atoms with van der Waals surface area (Å²) in [5, 5.41) is 9.79. The van der Waals surface area contributed by atoms with Gasteiger partial charge in [0.15, 0.2) is 0 Å². The van der Waals surface area contributed by atoms with Gasteiger partial charge in [0.05, 0.1) is 24.9 Å². The molecule has 0 aliphatic carbocycles. The molecule has 1 N–H and O–H groups in total. The van der Waals surface area contributed by atoms with Crippen LogP contribution in [0.15, 0.2) is 30.3 Å². The Bertz CT molecular complexity index is 358. The number of hydrogen-bond donors (Lipinski definition) is 1. The van der Waals surface area contributed by atoms with E-state index in [2.05, 4.69) is 34.7 Å². The van der Waals surface area contributed by atoms with Crippen molar-refractivity contribution < 1.29 is 14.6 Å². The average molecular weight is 376 g/mol. The van der Waals surface area contributed by atoms with Gasteiger partial charge in [-0.25, -0.2) is 0 Å². The van der Waals surface area contributed by atoms with E-state index in [9.17, 15) is 5.11 Å². The van der Waals surface area contributed by atoms with Gasteiger partial charge < -0.3 is 14.6 Å². The van der Waals surface area contributed by atoms with Gasteiger partial charge >= 0.3 is 0 Å². The Morgan fingerprint density at radius 2 is 1.95 bits per heavy atom. The quantitative estimate of drug-likeness (QED) is 0.472. The highest BCUT2D eigenvalue weighted by Gasteiger charge is 2.27. The molecule has 1 aliphatic rings. The smallest absolute Gasteiger partial charge is 0.0716 e. The Hall–Kier alpha value is -0.170. The molecule has 1 heterocycles. The Morgan fingerprint density at radius 3 is 2.68 bits per heavy atom. The van der Waals surface area contributed by atoms with Crippen molar-refractivity contribution in [2.75, 3.05) is 11.0 Å². The Balaban J connectivity index is 1.65. The zero-order valence-electron chi connectivity index (χ0n) is 11.0. The molecular formula is C15H21IO3. The lowest BCUT2D eigenvalue weighted by molar-refractivity contribution is -0.0941. The molecule has 4 heteroatoms. The van der Waals surface area contributed by atoms with E-state index in [1.807, 2.05) is 18.2 Å². The largest absolute Gasteiger partial charge is 0.393 e. The second kappa shape index (κ2) is 8.19. The third kappa shape index (κ3) is 5.38. The zero-order valence-corrected chi connectivity index (χ0v) is 13.2. The summed E-state index contributed by atoms with van der Waals surface area (Å²) in [6.07, 6.45) is 2.49. The maximum atomic E-state index is 9.79. The molecule has 0 radical (unpaired) electrons. The topological polar surface area (TPSA) is 38.7 Å². The van der Waals surface area contributed by atoms with Crippen LogP contribution in [0.25, 0.3) is 0 Å².